The van der Waals surface area contributed by atoms with E-state index in [4.69, 9.17) is 0 Å². The molecule has 0 aliphatic rings. The average molecular weight is 325 g/mol. The topological polar surface area (TPSA) is 98.9 Å². The molecule has 0 aromatic carbocycles. The number of carbonyl (C=O) groups is 1. The van der Waals surface area contributed by atoms with E-state index in [1.165, 1.54) is 30.9 Å². The Morgan fingerprint density at radius 3 is 2.62 bits per heavy atom. The van der Waals surface area contributed by atoms with Crippen LogP contribution >= 0.6 is 0 Å². The van der Waals surface area contributed by atoms with Crippen LogP contribution in [0, 0.1) is 6.92 Å². The zero-order valence-corrected chi connectivity index (χ0v) is 13.4. The number of hydrogen-bond acceptors (Lipinski definition) is 5. The van der Waals surface area contributed by atoms with E-state index in [-0.39, 0.29) is 16.7 Å². The van der Waals surface area contributed by atoms with E-state index in [1.807, 2.05) is 0 Å². The van der Waals surface area contributed by atoms with Crippen LogP contribution in [0.2, 0.25) is 0 Å². The molecule has 1 N–H and O–H groups in total. The molecule has 0 fully saturated rings. The summed E-state index contributed by atoms with van der Waals surface area (Å²) in [7, 11) is 2.93. The maximum Gasteiger partial charge on any atom is 0.332 e. The lowest BCUT2D eigenvalue weighted by atomic mass is 10.2. The van der Waals surface area contributed by atoms with Gasteiger partial charge in [-0.25, -0.2) is 14.8 Å². The van der Waals surface area contributed by atoms with Gasteiger partial charge in [0.15, 0.2) is 0 Å². The van der Waals surface area contributed by atoms with Gasteiger partial charge in [0.1, 0.15) is 11.3 Å². The summed E-state index contributed by atoms with van der Waals surface area (Å²) in [5, 5.41) is 2.90. The molecular formula is C16H15N5O3. The molecule has 0 radical (unpaired) electrons. The minimum atomic E-state index is -0.467. The average Bonchev–Trinajstić information content (AvgIpc) is 2.58. The van der Waals surface area contributed by atoms with Gasteiger partial charge in [-0.2, -0.15) is 0 Å². The van der Waals surface area contributed by atoms with Crippen molar-refractivity contribution in [2.45, 2.75) is 6.92 Å². The van der Waals surface area contributed by atoms with Gasteiger partial charge >= 0.3 is 5.69 Å². The van der Waals surface area contributed by atoms with Gasteiger partial charge in [0.05, 0.1) is 17.3 Å². The molecule has 3 aromatic rings. The Morgan fingerprint density at radius 1 is 1.17 bits per heavy atom. The lowest BCUT2D eigenvalue weighted by Gasteiger charge is -2.09. The zero-order valence-electron chi connectivity index (χ0n) is 13.4. The van der Waals surface area contributed by atoms with E-state index >= 15 is 0 Å². The van der Waals surface area contributed by atoms with Crippen LogP contribution in [0.5, 0.6) is 0 Å². The van der Waals surface area contributed by atoms with Crippen LogP contribution in [-0.4, -0.2) is 25.0 Å². The minimum Gasteiger partial charge on any atom is -0.319 e. The second kappa shape index (κ2) is 5.73. The van der Waals surface area contributed by atoms with Crippen molar-refractivity contribution in [3.8, 4) is 0 Å². The van der Waals surface area contributed by atoms with Crippen molar-refractivity contribution in [2.24, 2.45) is 14.1 Å². The molecule has 0 unspecified atom stereocenters. The number of anilines is 1. The van der Waals surface area contributed by atoms with Gasteiger partial charge in [0, 0.05) is 19.8 Å². The highest BCUT2D eigenvalue weighted by Crippen LogP contribution is 2.13. The lowest BCUT2D eigenvalue weighted by molar-refractivity contribution is 0.102. The fourth-order valence-corrected chi connectivity index (χ4v) is 2.40. The van der Waals surface area contributed by atoms with Crippen LogP contribution < -0.4 is 16.6 Å². The van der Waals surface area contributed by atoms with Gasteiger partial charge in [-0.15, -0.1) is 0 Å². The van der Waals surface area contributed by atoms with Crippen molar-refractivity contribution in [3.05, 3.63) is 62.7 Å². The number of rotatable bonds is 2. The Kier molecular flexibility index (Phi) is 3.72. The number of aromatic nitrogens is 4. The summed E-state index contributed by atoms with van der Waals surface area (Å²) in [4.78, 5) is 44.6. The summed E-state index contributed by atoms with van der Waals surface area (Å²) in [6, 6.07) is 6.62. The predicted octanol–water partition coefficient (Wildman–Crippen LogP) is 0.588. The highest BCUT2D eigenvalue weighted by Gasteiger charge is 2.12. The first kappa shape index (κ1) is 15.6. The molecule has 0 saturated carbocycles. The second-order valence-electron chi connectivity index (χ2n) is 5.42. The number of carbonyl (C=O) groups excluding carboxylic acids is 1. The molecule has 8 nitrogen and oxygen atoms in total. The van der Waals surface area contributed by atoms with Gasteiger partial charge in [-0.1, -0.05) is 6.07 Å². The molecule has 3 rings (SSSR count). The van der Waals surface area contributed by atoms with Gasteiger partial charge < -0.3 is 5.32 Å². The molecule has 122 valence electrons. The third kappa shape index (κ3) is 2.58. The molecule has 0 bridgehead atoms. The van der Waals surface area contributed by atoms with Crippen molar-refractivity contribution < 1.29 is 4.79 Å². The van der Waals surface area contributed by atoms with Crippen LogP contribution in [0.25, 0.3) is 11.0 Å². The fourth-order valence-electron chi connectivity index (χ4n) is 2.40. The summed E-state index contributed by atoms with van der Waals surface area (Å²) in [5.74, 6) is -0.401. The number of nitrogens with one attached hydrogen (secondary N) is 1. The van der Waals surface area contributed by atoms with Crippen molar-refractivity contribution in [1.82, 2.24) is 19.1 Å². The molecule has 0 atom stereocenters. The van der Waals surface area contributed by atoms with Crippen molar-refractivity contribution in [3.63, 3.8) is 0 Å². The fraction of sp³-hybridized carbons (Fsp3) is 0.188. The van der Waals surface area contributed by atoms with E-state index in [1.54, 1.807) is 25.1 Å². The highest BCUT2D eigenvalue weighted by molar-refractivity contribution is 6.03. The molecule has 3 aromatic heterocycles. The second-order valence-corrected chi connectivity index (χ2v) is 5.42. The third-order valence-corrected chi connectivity index (χ3v) is 3.67. The minimum absolute atomic E-state index is 0.245. The summed E-state index contributed by atoms with van der Waals surface area (Å²) >= 11 is 0. The molecule has 0 saturated heterocycles. The number of amides is 1. The Morgan fingerprint density at radius 2 is 1.92 bits per heavy atom. The smallest absolute Gasteiger partial charge is 0.319 e. The first-order valence-corrected chi connectivity index (χ1v) is 7.19. The van der Waals surface area contributed by atoms with Crippen LogP contribution in [-0.2, 0) is 14.1 Å². The number of aryl methyl sites for hydroxylation is 2. The molecular weight excluding hydrogens is 310 g/mol. The molecule has 0 spiro atoms. The van der Waals surface area contributed by atoms with E-state index in [2.05, 4.69) is 15.3 Å². The monoisotopic (exact) mass is 325 g/mol. The molecule has 0 aliphatic heterocycles. The highest BCUT2D eigenvalue weighted by atomic mass is 16.2. The maximum atomic E-state index is 12.2. The standard InChI is InChI=1S/C16H15N5O3/c1-9-5-4-6-12(18-9)14(22)19-10-7-11-13(17-8-10)20(2)16(24)21(3)15(11)23/h4-8H,1-3H3,(H,19,22). The molecule has 8 heteroatoms. The zero-order chi connectivity index (χ0) is 17.4. The third-order valence-electron chi connectivity index (χ3n) is 3.67. The van der Waals surface area contributed by atoms with Gasteiger partial charge in [-0.05, 0) is 25.1 Å². The van der Waals surface area contributed by atoms with Crippen molar-refractivity contribution in [2.75, 3.05) is 5.32 Å². The van der Waals surface area contributed by atoms with Crippen LogP contribution in [0.3, 0.4) is 0 Å². The Balaban J connectivity index is 2.04. The van der Waals surface area contributed by atoms with E-state index < -0.39 is 17.2 Å². The van der Waals surface area contributed by atoms with Crippen LogP contribution in [0.1, 0.15) is 16.2 Å². The predicted molar refractivity (Wildman–Crippen MR) is 89.2 cm³/mol. The normalized spacial score (nSPS) is 10.8. The summed E-state index contributed by atoms with van der Waals surface area (Å²) < 4.78 is 2.28. The molecule has 0 aliphatic carbocycles. The summed E-state index contributed by atoms with van der Waals surface area (Å²) in [5.41, 5.74) is 0.680. The molecule has 3 heterocycles. The summed E-state index contributed by atoms with van der Waals surface area (Å²) in [6.45, 7) is 1.79. The quantitative estimate of drug-likeness (QED) is 0.743. The Hall–Kier alpha value is -3.29. The van der Waals surface area contributed by atoms with Crippen LogP contribution in [0.4, 0.5) is 5.69 Å². The van der Waals surface area contributed by atoms with Gasteiger partial charge in [-0.3, -0.25) is 18.7 Å². The van der Waals surface area contributed by atoms with Crippen molar-refractivity contribution in [1.29, 1.82) is 0 Å². The first-order chi connectivity index (χ1) is 11.4. The lowest BCUT2D eigenvalue weighted by Crippen LogP contribution is -2.37. The molecule has 24 heavy (non-hydrogen) atoms. The van der Waals surface area contributed by atoms with Gasteiger partial charge in [0.25, 0.3) is 11.5 Å². The maximum absolute atomic E-state index is 12.2. The molecule has 1 amide bonds. The number of fused-ring (bicyclic) bond motifs is 1. The van der Waals surface area contributed by atoms with E-state index in [9.17, 15) is 14.4 Å². The van der Waals surface area contributed by atoms with E-state index in [0.717, 1.165) is 10.3 Å². The van der Waals surface area contributed by atoms with Crippen LogP contribution in [0.15, 0.2) is 40.1 Å². The van der Waals surface area contributed by atoms with E-state index in [0.29, 0.717) is 5.69 Å². The number of hydrogen-bond donors (Lipinski definition) is 1. The van der Waals surface area contributed by atoms with Crippen molar-refractivity contribution >= 4 is 22.6 Å². The number of nitrogens with zero attached hydrogens (tertiary/aromatic N) is 4. The Bertz CT molecular complexity index is 1080. The Labute approximate surface area is 136 Å². The van der Waals surface area contributed by atoms with Gasteiger partial charge in [0.2, 0.25) is 0 Å². The number of pyridine rings is 2. The first-order valence-electron chi connectivity index (χ1n) is 7.19. The summed E-state index contributed by atoms with van der Waals surface area (Å²) in [6.07, 6.45) is 1.40. The SMILES string of the molecule is Cc1cccc(C(=O)Nc2cnc3c(c2)c(=O)n(C)c(=O)n3C)n1. The largest absolute Gasteiger partial charge is 0.332 e.